The van der Waals surface area contributed by atoms with Gasteiger partial charge in [0.1, 0.15) is 11.6 Å². The van der Waals surface area contributed by atoms with Gasteiger partial charge in [-0.15, -0.1) is 0 Å². The highest BCUT2D eigenvalue weighted by molar-refractivity contribution is 6.01. The first-order valence-corrected chi connectivity index (χ1v) is 17.0. The SMILES string of the molecule is COC1CCN(c2nccc(Nc3cc4c(cn3)c(N3CCN(Cc5ccccc5C5CCC(=O)NC5=O)CC3)nn4C(C)C)n2)CC1. The van der Waals surface area contributed by atoms with Crippen LogP contribution in [0.4, 0.5) is 23.4 Å². The van der Waals surface area contributed by atoms with Crippen LogP contribution in [0.2, 0.25) is 0 Å². The largest absolute Gasteiger partial charge is 0.381 e. The highest BCUT2D eigenvalue weighted by Crippen LogP contribution is 2.32. The van der Waals surface area contributed by atoms with Gasteiger partial charge in [0.05, 0.1) is 22.9 Å². The second kappa shape index (κ2) is 13.9. The first-order valence-electron chi connectivity index (χ1n) is 17.0. The lowest BCUT2D eigenvalue weighted by molar-refractivity contribution is -0.134. The zero-order chi connectivity index (χ0) is 33.2. The van der Waals surface area contributed by atoms with E-state index in [9.17, 15) is 9.59 Å². The van der Waals surface area contributed by atoms with Crippen LogP contribution in [-0.2, 0) is 20.9 Å². The van der Waals surface area contributed by atoms with Crippen LogP contribution < -0.4 is 20.4 Å². The van der Waals surface area contributed by atoms with Crippen molar-refractivity contribution in [2.45, 2.75) is 64.1 Å². The predicted molar refractivity (Wildman–Crippen MR) is 185 cm³/mol. The van der Waals surface area contributed by atoms with Crippen LogP contribution in [0.5, 0.6) is 0 Å². The molecule has 3 aliphatic rings. The fraction of sp³-hybridized carbons (Fsp3) is 0.486. The van der Waals surface area contributed by atoms with E-state index in [0.717, 1.165) is 86.5 Å². The van der Waals surface area contributed by atoms with Crippen molar-refractivity contribution in [2.75, 3.05) is 61.5 Å². The molecule has 1 atom stereocenters. The van der Waals surface area contributed by atoms with Gasteiger partial charge < -0.3 is 19.9 Å². The molecule has 1 aromatic carbocycles. The predicted octanol–water partition coefficient (Wildman–Crippen LogP) is 4.00. The molecule has 3 aromatic heterocycles. The van der Waals surface area contributed by atoms with Crippen molar-refractivity contribution < 1.29 is 14.3 Å². The number of pyridine rings is 1. The van der Waals surface area contributed by atoms with Crippen molar-refractivity contribution in [3.05, 3.63) is 59.9 Å². The number of nitrogens with zero attached hydrogens (tertiary/aromatic N) is 8. The molecule has 2 amide bonds. The van der Waals surface area contributed by atoms with Crippen molar-refractivity contribution >= 4 is 46.1 Å². The molecule has 252 valence electrons. The summed E-state index contributed by atoms with van der Waals surface area (Å²) in [7, 11) is 1.77. The van der Waals surface area contributed by atoms with Crippen LogP contribution in [0, 0.1) is 0 Å². The highest BCUT2D eigenvalue weighted by atomic mass is 16.5. The summed E-state index contributed by atoms with van der Waals surface area (Å²) < 4.78 is 7.59. The Bertz CT molecular complexity index is 1780. The van der Waals surface area contributed by atoms with Crippen LogP contribution >= 0.6 is 0 Å². The van der Waals surface area contributed by atoms with Crippen molar-refractivity contribution in [3.8, 4) is 0 Å². The molecule has 13 nitrogen and oxygen atoms in total. The molecule has 0 bridgehead atoms. The molecular formula is C35H44N10O3. The maximum Gasteiger partial charge on any atom is 0.234 e. The molecule has 0 spiro atoms. The number of rotatable bonds is 9. The van der Waals surface area contributed by atoms with Crippen LogP contribution in [0.3, 0.4) is 0 Å². The minimum atomic E-state index is -0.284. The molecule has 0 saturated carbocycles. The Morgan fingerprint density at radius 1 is 0.958 bits per heavy atom. The number of aromatic nitrogens is 5. The molecule has 4 aromatic rings. The Balaban J connectivity index is 1.04. The lowest BCUT2D eigenvalue weighted by atomic mass is 9.87. The summed E-state index contributed by atoms with van der Waals surface area (Å²) in [6, 6.07) is 12.2. The number of amides is 2. The molecule has 13 heteroatoms. The first kappa shape index (κ1) is 32.0. The summed E-state index contributed by atoms with van der Waals surface area (Å²) in [6.07, 6.45) is 6.86. The standard InChI is InChI=1S/C35H44N10O3/c1-23(2)45-29-20-31(38-30-10-13-36-35(39-30)44-14-11-25(48-3)12-15-44)37-21-28(29)33(41-45)43-18-16-42(17-19-43)22-24-6-4-5-7-26(24)27-8-9-32(46)40-34(27)47/h4-7,10,13,20-21,23,25,27H,8-9,11-12,14-19,22H2,1-3H3,(H,40,46,47)(H,36,37,38,39). The van der Waals surface area contributed by atoms with Crippen LogP contribution in [-0.4, -0.2) is 93.9 Å². The zero-order valence-electron chi connectivity index (χ0n) is 27.9. The molecule has 3 aliphatic heterocycles. The molecule has 1 unspecified atom stereocenters. The Morgan fingerprint density at radius 3 is 2.50 bits per heavy atom. The minimum Gasteiger partial charge on any atom is -0.381 e. The van der Waals surface area contributed by atoms with Gasteiger partial charge in [-0.05, 0) is 50.3 Å². The quantitative estimate of drug-likeness (QED) is 0.254. The summed E-state index contributed by atoms with van der Waals surface area (Å²) in [5, 5.41) is 12.0. The van der Waals surface area contributed by atoms with Crippen molar-refractivity contribution in [1.29, 1.82) is 0 Å². The van der Waals surface area contributed by atoms with Gasteiger partial charge in [0, 0.05) is 83.8 Å². The summed E-state index contributed by atoms with van der Waals surface area (Å²) >= 11 is 0. The van der Waals surface area contributed by atoms with Crippen LogP contribution in [0.1, 0.15) is 62.6 Å². The maximum atomic E-state index is 12.6. The molecule has 7 rings (SSSR count). The third-order valence-electron chi connectivity index (χ3n) is 9.75. The molecule has 48 heavy (non-hydrogen) atoms. The Hall–Kier alpha value is -4.62. The van der Waals surface area contributed by atoms with Gasteiger partial charge in [-0.2, -0.15) is 10.1 Å². The summed E-state index contributed by atoms with van der Waals surface area (Å²) in [5.41, 5.74) is 3.19. The Kier molecular flexibility index (Phi) is 9.22. The Labute approximate surface area is 280 Å². The number of piperazine rings is 1. The monoisotopic (exact) mass is 652 g/mol. The summed E-state index contributed by atoms with van der Waals surface area (Å²) in [4.78, 5) is 45.4. The van der Waals surface area contributed by atoms with Gasteiger partial charge in [-0.1, -0.05) is 24.3 Å². The number of piperidine rings is 2. The number of fused-ring (bicyclic) bond motifs is 1. The van der Waals surface area contributed by atoms with E-state index in [0.29, 0.717) is 36.5 Å². The Morgan fingerprint density at radius 2 is 1.75 bits per heavy atom. The first-order chi connectivity index (χ1) is 23.4. The van der Waals surface area contributed by atoms with E-state index in [4.69, 9.17) is 19.8 Å². The van der Waals surface area contributed by atoms with Gasteiger partial charge in [-0.25, -0.2) is 9.97 Å². The maximum absolute atomic E-state index is 12.6. The number of imide groups is 1. The average molecular weight is 653 g/mol. The molecule has 0 aliphatic carbocycles. The number of carbonyl (C=O) groups is 2. The van der Waals surface area contributed by atoms with Crippen molar-refractivity contribution in [3.63, 3.8) is 0 Å². The van der Waals surface area contributed by atoms with E-state index in [2.05, 4.69) is 61.0 Å². The molecule has 3 fully saturated rings. The smallest absolute Gasteiger partial charge is 0.234 e. The number of hydrogen-bond donors (Lipinski definition) is 2. The summed E-state index contributed by atoms with van der Waals surface area (Å²) in [5.74, 6) is 2.41. The number of hydrogen-bond acceptors (Lipinski definition) is 11. The van der Waals surface area contributed by atoms with Gasteiger partial charge >= 0.3 is 0 Å². The van der Waals surface area contributed by atoms with Crippen LogP contribution in [0.15, 0.2) is 48.8 Å². The lowest BCUT2D eigenvalue weighted by Gasteiger charge is -2.35. The number of ether oxygens (including phenoxy) is 1. The van der Waals surface area contributed by atoms with Crippen LogP contribution in [0.25, 0.3) is 10.9 Å². The minimum absolute atomic E-state index is 0.169. The second-order valence-corrected chi connectivity index (χ2v) is 13.2. The highest BCUT2D eigenvalue weighted by Gasteiger charge is 2.30. The van der Waals surface area contributed by atoms with Gasteiger partial charge in [0.15, 0.2) is 5.82 Å². The van der Waals surface area contributed by atoms with E-state index >= 15 is 0 Å². The number of methoxy groups -OCH3 is 1. The van der Waals surface area contributed by atoms with Crippen molar-refractivity contribution in [2.24, 2.45) is 0 Å². The number of nitrogens with one attached hydrogen (secondary N) is 2. The third-order valence-corrected chi connectivity index (χ3v) is 9.75. The third kappa shape index (κ3) is 6.70. The normalized spacial score (nSPS) is 19.7. The van der Waals surface area contributed by atoms with E-state index in [1.807, 2.05) is 30.5 Å². The summed E-state index contributed by atoms with van der Waals surface area (Å²) in [6.45, 7) is 10.2. The number of carbonyl (C=O) groups excluding carboxylic acids is 2. The molecule has 6 heterocycles. The van der Waals surface area contributed by atoms with E-state index < -0.39 is 0 Å². The van der Waals surface area contributed by atoms with Gasteiger partial charge in [0.2, 0.25) is 17.8 Å². The second-order valence-electron chi connectivity index (χ2n) is 13.2. The molecular weight excluding hydrogens is 608 g/mol. The van der Waals surface area contributed by atoms with Crippen molar-refractivity contribution in [1.82, 2.24) is 34.9 Å². The van der Waals surface area contributed by atoms with E-state index in [1.54, 1.807) is 13.3 Å². The van der Waals surface area contributed by atoms with Gasteiger partial charge in [0.25, 0.3) is 0 Å². The number of anilines is 4. The van der Waals surface area contributed by atoms with E-state index in [-0.39, 0.29) is 23.8 Å². The molecule has 0 radical (unpaired) electrons. The lowest BCUT2D eigenvalue weighted by Crippen LogP contribution is -2.46. The zero-order valence-corrected chi connectivity index (χ0v) is 27.9. The topological polar surface area (TPSA) is 134 Å². The average Bonchev–Trinajstić information content (AvgIpc) is 3.48. The van der Waals surface area contributed by atoms with E-state index in [1.165, 1.54) is 0 Å². The fourth-order valence-electron chi connectivity index (χ4n) is 7.07. The molecule has 2 N–H and O–H groups in total. The molecule has 3 saturated heterocycles. The van der Waals surface area contributed by atoms with Gasteiger partial charge in [-0.3, -0.25) is 24.5 Å². The fourth-order valence-corrected chi connectivity index (χ4v) is 7.07. The number of benzene rings is 1.